The molecule has 2 fully saturated rings. The molecular weight excluding hydrogens is 154 g/mol. The van der Waals surface area contributed by atoms with E-state index >= 15 is 0 Å². The summed E-state index contributed by atoms with van der Waals surface area (Å²) in [5.41, 5.74) is -0.189. The molecule has 3 nitrogen and oxygen atoms in total. The Bertz CT molecular complexity index is 193. The highest BCUT2D eigenvalue weighted by Gasteiger charge is 2.46. The van der Waals surface area contributed by atoms with E-state index in [4.69, 9.17) is 4.74 Å². The van der Waals surface area contributed by atoms with Gasteiger partial charge in [0.05, 0.1) is 0 Å². The molecule has 3 heteroatoms. The number of nitrogens with zero attached hydrogens (tertiary/aromatic N) is 1. The van der Waals surface area contributed by atoms with Crippen LogP contribution in [0, 0.1) is 0 Å². The molecule has 0 aromatic heterocycles. The zero-order valence-corrected chi connectivity index (χ0v) is 7.51. The number of fused-ring (bicyclic) bond motifs is 1. The van der Waals surface area contributed by atoms with Crippen LogP contribution in [0.3, 0.4) is 0 Å². The lowest BCUT2D eigenvalue weighted by atomic mass is 10.1. The van der Waals surface area contributed by atoms with Crippen molar-refractivity contribution >= 4 is 5.97 Å². The van der Waals surface area contributed by atoms with Crippen LogP contribution < -0.4 is 0 Å². The van der Waals surface area contributed by atoms with Crippen LogP contribution in [0.15, 0.2) is 0 Å². The Morgan fingerprint density at radius 2 is 1.92 bits per heavy atom. The van der Waals surface area contributed by atoms with E-state index in [9.17, 15) is 4.79 Å². The van der Waals surface area contributed by atoms with E-state index in [-0.39, 0.29) is 11.7 Å². The molecule has 0 amide bonds. The predicted molar refractivity (Wildman–Crippen MR) is 44.5 cm³/mol. The van der Waals surface area contributed by atoms with Crippen LogP contribution in [0.5, 0.6) is 0 Å². The molecular formula is C9H15NO2. The van der Waals surface area contributed by atoms with E-state index in [1.165, 1.54) is 19.8 Å². The van der Waals surface area contributed by atoms with E-state index in [1.54, 1.807) is 0 Å². The molecule has 0 spiro atoms. The Hall–Kier alpha value is -0.570. The van der Waals surface area contributed by atoms with Gasteiger partial charge in [0.2, 0.25) is 0 Å². The summed E-state index contributed by atoms with van der Waals surface area (Å²) in [5, 5.41) is 0. The van der Waals surface area contributed by atoms with Crippen LogP contribution in [0.25, 0.3) is 0 Å². The Morgan fingerprint density at radius 3 is 2.42 bits per heavy atom. The van der Waals surface area contributed by atoms with Crippen LogP contribution in [0.4, 0.5) is 0 Å². The molecule has 2 aliphatic heterocycles. The van der Waals surface area contributed by atoms with Crippen molar-refractivity contribution in [2.45, 2.75) is 38.3 Å². The fourth-order valence-corrected chi connectivity index (χ4v) is 2.49. The van der Waals surface area contributed by atoms with E-state index in [1.807, 2.05) is 0 Å². The van der Waals surface area contributed by atoms with Gasteiger partial charge in [0.15, 0.2) is 5.72 Å². The summed E-state index contributed by atoms with van der Waals surface area (Å²) < 4.78 is 5.41. The zero-order chi connectivity index (χ0) is 8.60. The summed E-state index contributed by atoms with van der Waals surface area (Å²) in [6, 6.07) is 0. The molecule has 0 aromatic rings. The first-order chi connectivity index (χ1) is 5.73. The number of hydrogen-bond donors (Lipinski definition) is 0. The second kappa shape index (κ2) is 2.73. The summed E-state index contributed by atoms with van der Waals surface area (Å²) >= 11 is 0. The minimum atomic E-state index is -0.189. The van der Waals surface area contributed by atoms with Crippen LogP contribution >= 0.6 is 0 Å². The van der Waals surface area contributed by atoms with Gasteiger partial charge in [-0.2, -0.15) is 0 Å². The highest BCUT2D eigenvalue weighted by Crippen LogP contribution is 2.39. The molecule has 0 aliphatic carbocycles. The van der Waals surface area contributed by atoms with Crippen molar-refractivity contribution in [3.05, 3.63) is 0 Å². The minimum absolute atomic E-state index is 0.135. The maximum absolute atomic E-state index is 10.9. The monoisotopic (exact) mass is 169 g/mol. The molecule has 2 heterocycles. The smallest absolute Gasteiger partial charge is 0.304 e. The van der Waals surface area contributed by atoms with Crippen LogP contribution in [0.2, 0.25) is 0 Å². The average Bonchev–Trinajstić information content (AvgIpc) is 2.42. The van der Waals surface area contributed by atoms with Crippen molar-refractivity contribution in [1.82, 2.24) is 4.90 Å². The van der Waals surface area contributed by atoms with Crippen molar-refractivity contribution in [3.63, 3.8) is 0 Å². The largest absolute Gasteiger partial charge is 0.444 e. The van der Waals surface area contributed by atoms with Gasteiger partial charge in [-0.05, 0) is 12.8 Å². The third-order valence-electron chi connectivity index (χ3n) is 2.90. The maximum atomic E-state index is 10.9. The first kappa shape index (κ1) is 8.05. The third-order valence-corrected chi connectivity index (χ3v) is 2.90. The van der Waals surface area contributed by atoms with Gasteiger partial charge < -0.3 is 4.74 Å². The molecule has 0 radical (unpaired) electrons. The van der Waals surface area contributed by atoms with Crippen LogP contribution in [0.1, 0.15) is 32.6 Å². The summed E-state index contributed by atoms with van der Waals surface area (Å²) in [5.74, 6) is -0.135. The molecule has 2 aliphatic rings. The van der Waals surface area contributed by atoms with Gasteiger partial charge in [-0.3, -0.25) is 9.69 Å². The molecule has 12 heavy (non-hydrogen) atoms. The van der Waals surface area contributed by atoms with Crippen molar-refractivity contribution in [3.8, 4) is 0 Å². The molecule has 0 atom stereocenters. The lowest BCUT2D eigenvalue weighted by Crippen LogP contribution is -2.41. The van der Waals surface area contributed by atoms with Crippen molar-refractivity contribution in [1.29, 1.82) is 0 Å². The van der Waals surface area contributed by atoms with Gasteiger partial charge in [-0.15, -0.1) is 0 Å². The van der Waals surface area contributed by atoms with Crippen molar-refractivity contribution < 1.29 is 9.53 Å². The Balaban J connectivity index is 2.11. The number of carbonyl (C=O) groups is 1. The second-order valence-electron chi connectivity index (χ2n) is 3.73. The number of esters is 1. The fraction of sp³-hybridized carbons (Fsp3) is 0.889. The lowest BCUT2D eigenvalue weighted by Gasteiger charge is -2.30. The average molecular weight is 169 g/mol. The first-order valence-electron chi connectivity index (χ1n) is 4.68. The summed E-state index contributed by atoms with van der Waals surface area (Å²) in [7, 11) is 0. The number of carbonyl (C=O) groups excluding carboxylic acids is 1. The fourth-order valence-electron chi connectivity index (χ4n) is 2.49. The molecule has 0 bridgehead atoms. The number of ether oxygens (including phenoxy) is 1. The highest BCUT2D eigenvalue weighted by atomic mass is 16.6. The first-order valence-corrected chi connectivity index (χ1v) is 4.68. The number of hydrogen-bond acceptors (Lipinski definition) is 3. The quantitative estimate of drug-likeness (QED) is 0.551. The van der Waals surface area contributed by atoms with Gasteiger partial charge in [0.1, 0.15) is 0 Å². The van der Waals surface area contributed by atoms with Gasteiger partial charge in [-0.1, -0.05) is 0 Å². The standard InChI is InChI=1S/C9H15NO2/c1-8(11)12-9-4-2-6-10(9)7-3-5-9/h2-7H2,1H3. The highest BCUT2D eigenvalue weighted by molar-refractivity contribution is 5.66. The molecule has 0 unspecified atom stereocenters. The third kappa shape index (κ3) is 1.12. The molecule has 68 valence electrons. The topological polar surface area (TPSA) is 29.5 Å². The van der Waals surface area contributed by atoms with Gasteiger partial charge in [-0.25, -0.2) is 0 Å². The summed E-state index contributed by atoms with van der Waals surface area (Å²) in [4.78, 5) is 13.2. The summed E-state index contributed by atoms with van der Waals surface area (Å²) in [6.45, 7) is 3.71. The zero-order valence-electron chi connectivity index (χ0n) is 7.51. The number of rotatable bonds is 1. The molecule has 0 saturated carbocycles. The Kier molecular flexibility index (Phi) is 1.83. The molecule has 2 saturated heterocycles. The SMILES string of the molecule is CC(=O)OC12CCCN1CCC2. The molecule has 2 rings (SSSR count). The van der Waals surface area contributed by atoms with E-state index < -0.39 is 0 Å². The summed E-state index contributed by atoms with van der Waals surface area (Å²) in [6.07, 6.45) is 4.42. The second-order valence-corrected chi connectivity index (χ2v) is 3.73. The van der Waals surface area contributed by atoms with Crippen molar-refractivity contribution in [2.75, 3.05) is 13.1 Å². The van der Waals surface area contributed by atoms with E-state index in [0.717, 1.165) is 25.9 Å². The normalized spacial score (nSPS) is 27.1. The van der Waals surface area contributed by atoms with E-state index in [2.05, 4.69) is 4.90 Å². The van der Waals surface area contributed by atoms with Gasteiger partial charge in [0, 0.05) is 32.9 Å². The minimum Gasteiger partial charge on any atom is -0.444 e. The van der Waals surface area contributed by atoms with Crippen LogP contribution in [-0.2, 0) is 9.53 Å². The van der Waals surface area contributed by atoms with Gasteiger partial charge >= 0.3 is 5.97 Å². The molecule has 0 aromatic carbocycles. The van der Waals surface area contributed by atoms with Crippen LogP contribution in [-0.4, -0.2) is 29.7 Å². The Labute approximate surface area is 72.7 Å². The maximum Gasteiger partial charge on any atom is 0.304 e. The Morgan fingerprint density at radius 1 is 1.33 bits per heavy atom. The molecule has 0 N–H and O–H groups in total. The van der Waals surface area contributed by atoms with Crippen molar-refractivity contribution in [2.24, 2.45) is 0 Å². The predicted octanol–water partition coefficient (Wildman–Crippen LogP) is 1.14. The lowest BCUT2D eigenvalue weighted by molar-refractivity contribution is -0.170. The van der Waals surface area contributed by atoms with Gasteiger partial charge in [0.25, 0.3) is 0 Å². The van der Waals surface area contributed by atoms with E-state index in [0.29, 0.717) is 0 Å².